The average Bonchev–Trinajstić information content (AvgIpc) is 3.06. The van der Waals surface area contributed by atoms with Crippen molar-refractivity contribution in [3.05, 3.63) is 46.2 Å². The van der Waals surface area contributed by atoms with E-state index in [-0.39, 0.29) is 17.1 Å². The van der Waals surface area contributed by atoms with Crippen LogP contribution in [-0.2, 0) is 14.3 Å². The third-order valence-corrected chi connectivity index (χ3v) is 5.98. The highest BCUT2D eigenvalue weighted by Gasteiger charge is 2.37. The zero-order valence-corrected chi connectivity index (χ0v) is 19.4. The molecule has 0 N–H and O–H groups in total. The molecule has 1 heterocycles. The first-order chi connectivity index (χ1) is 15.5. The van der Waals surface area contributed by atoms with Crippen LogP contribution in [0.4, 0.5) is 0 Å². The van der Waals surface area contributed by atoms with Crippen LogP contribution in [0, 0.1) is 0 Å². The Balaban J connectivity index is 2.01. The zero-order valence-electron chi connectivity index (χ0n) is 19.4. The van der Waals surface area contributed by atoms with E-state index in [1.54, 1.807) is 30.0 Å². The smallest absolute Gasteiger partial charge is 0.340 e. The van der Waals surface area contributed by atoms with Crippen molar-refractivity contribution in [1.82, 2.24) is 4.90 Å². The zero-order chi connectivity index (χ0) is 23.3. The van der Waals surface area contributed by atoms with Gasteiger partial charge in [-0.25, -0.2) is 4.79 Å². The number of amides is 1. The second-order valence-electron chi connectivity index (χ2n) is 7.75. The number of allylic oxidation sites excluding steroid dienone is 2. The molecule has 7 nitrogen and oxygen atoms in total. The van der Waals surface area contributed by atoms with E-state index in [1.807, 2.05) is 0 Å². The van der Waals surface area contributed by atoms with E-state index in [0.29, 0.717) is 35.1 Å². The highest BCUT2D eigenvalue weighted by molar-refractivity contribution is 6.16. The van der Waals surface area contributed by atoms with Crippen molar-refractivity contribution in [2.45, 2.75) is 39.0 Å². The Morgan fingerprint density at radius 1 is 1.06 bits per heavy atom. The van der Waals surface area contributed by atoms with Gasteiger partial charge in [0.05, 0.1) is 39.6 Å². The Kier molecular flexibility index (Phi) is 7.62. The summed E-state index contributed by atoms with van der Waals surface area (Å²) in [5.74, 6) is 0.569. The van der Waals surface area contributed by atoms with Crippen molar-refractivity contribution >= 4 is 18.0 Å². The molecule has 1 aliphatic heterocycles. The third-order valence-electron chi connectivity index (χ3n) is 5.98. The fraction of sp³-hybridized carbons (Fsp3) is 0.440. The molecule has 1 aromatic rings. The fourth-order valence-electron chi connectivity index (χ4n) is 4.28. The lowest BCUT2D eigenvalue weighted by Gasteiger charge is -2.20. The number of hydrogen-bond donors (Lipinski definition) is 0. The Morgan fingerprint density at radius 2 is 1.81 bits per heavy atom. The summed E-state index contributed by atoms with van der Waals surface area (Å²) in [7, 11) is 5.89. The topological polar surface area (TPSA) is 74.3 Å². The number of ether oxygens (including phenoxy) is 4. The largest absolute Gasteiger partial charge is 0.493 e. The van der Waals surface area contributed by atoms with Gasteiger partial charge in [0.25, 0.3) is 5.91 Å². The molecule has 0 saturated carbocycles. The lowest BCUT2D eigenvalue weighted by Crippen LogP contribution is -2.26. The summed E-state index contributed by atoms with van der Waals surface area (Å²) in [5.41, 5.74) is 3.11. The number of esters is 1. The predicted molar refractivity (Wildman–Crippen MR) is 122 cm³/mol. The van der Waals surface area contributed by atoms with E-state index in [0.717, 1.165) is 19.3 Å². The van der Waals surface area contributed by atoms with Crippen LogP contribution in [0.5, 0.6) is 17.2 Å². The molecule has 0 aromatic heterocycles. The molecular weight excluding hydrogens is 410 g/mol. The van der Waals surface area contributed by atoms with Gasteiger partial charge < -0.3 is 23.8 Å². The SMILES string of the molecule is COC(=O)C1=C(C)N(CCC2=CCCCC2)C(=O)/C1=C\c1ccc(OC)c(OC)c1OC. The number of benzene rings is 1. The Bertz CT molecular complexity index is 988. The second-order valence-corrected chi connectivity index (χ2v) is 7.75. The van der Waals surface area contributed by atoms with Crippen molar-refractivity contribution in [3.63, 3.8) is 0 Å². The van der Waals surface area contributed by atoms with Gasteiger partial charge >= 0.3 is 5.97 Å². The van der Waals surface area contributed by atoms with Crippen LogP contribution in [0.3, 0.4) is 0 Å². The van der Waals surface area contributed by atoms with E-state index in [4.69, 9.17) is 18.9 Å². The first-order valence-electron chi connectivity index (χ1n) is 10.8. The van der Waals surface area contributed by atoms with Crippen LogP contribution >= 0.6 is 0 Å². The van der Waals surface area contributed by atoms with Crippen LogP contribution in [0.2, 0.25) is 0 Å². The summed E-state index contributed by atoms with van der Waals surface area (Å²) in [6.07, 6.45) is 9.29. The van der Waals surface area contributed by atoms with Crippen molar-refractivity contribution in [1.29, 1.82) is 0 Å². The molecule has 0 bridgehead atoms. The summed E-state index contributed by atoms with van der Waals surface area (Å²) in [5, 5.41) is 0. The standard InChI is InChI=1S/C25H31NO6/c1-16-21(25(28)32-5)19(24(27)26(16)14-13-17-9-7-6-8-10-17)15-18-11-12-20(29-2)23(31-4)22(18)30-3/h9,11-12,15H,6-8,10,13-14H2,1-5H3/b19-15-. The second kappa shape index (κ2) is 10.4. The molecule has 0 atom stereocenters. The van der Waals surface area contributed by atoms with Crippen molar-refractivity contribution < 1.29 is 28.5 Å². The highest BCUT2D eigenvalue weighted by Crippen LogP contribution is 2.42. The minimum absolute atomic E-state index is 0.226. The van der Waals surface area contributed by atoms with Gasteiger partial charge in [-0.3, -0.25) is 4.79 Å². The third kappa shape index (κ3) is 4.52. The number of hydrogen-bond acceptors (Lipinski definition) is 6. The maximum Gasteiger partial charge on any atom is 0.340 e. The fourth-order valence-corrected chi connectivity index (χ4v) is 4.28. The molecule has 1 aliphatic carbocycles. The van der Waals surface area contributed by atoms with Crippen molar-refractivity contribution in [2.75, 3.05) is 35.0 Å². The van der Waals surface area contributed by atoms with Crippen molar-refractivity contribution in [2.24, 2.45) is 0 Å². The molecule has 7 heteroatoms. The molecule has 0 spiro atoms. The monoisotopic (exact) mass is 441 g/mol. The molecule has 0 radical (unpaired) electrons. The maximum absolute atomic E-state index is 13.4. The summed E-state index contributed by atoms with van der Waals surface area (Å²) in [4.78, 5) is 27.7. The molecule has 0 fully saturated rings. The molecule has 172 valence electrons. The normalized spacial score (nSPS) is 17.5. The molecule has 32 heavy (non-hydrogen) atoms. The van der Waals surface area contributed by atoms with E-state index >= 15 is 0 Å². The van der Waals surface area contributed by atoms with Gasteiger partial charge in [0.1, 0.15) is 0 Å². The Hall–Kier alpha value is -3.22. The lowest BCUT2D eigenvalue weighted by molar-refractivity contribution is -0.136. The molecular formula is C25H31NO6. The van der Waals surface area contributed by atoms with E-state index in [9.17, 15) is 9.59 Å². The summed E-state index contributed by atoms with van der Waals surface area (Å²) in [6, 6.07) is 3.50. The van der Waals surface area contributed by atoms with Crippen LogP contribution in [0.25, 0.3) is 6.08 Å². The number of nitrogens with zero attached hydrogens (tertiary/aromatic N) is 1. The number of carbonyl (C=O) groups excluding carboxylic acids is 2. The van der Waals surface area contributed by atoms with Gasteiger partial charge in [-0.1, -0.05) is 11.6 Å². The molecule has 0 saturated heterocycles. The van der Waals surface area contributed by atoms with E-state index < -0.39 is 5.97 Å². The van der Waals surface area contributed by atoms with Gasteiger partial charge in [0.2, 0.25) is 5.75 Å². The molecule has 1 aromatic carbocycles. The first kappa shape index (κ1) is 23.4. The van der Waals surface area contributed by atoms with Crippen LogP contribution < -0.4 is 14.2 Å². The van der Waals surface area contributed by atoms with Crippen molar-refractivity contribution in [3.8, 4) is 17.2 Å². The van der Waals surface area contributed by atoms with Gasteiger partial charge in [0, 0.05) is 17.8 Å². The lowest BCUT2D eigenvalue weighted by atomic mass is 9.97. The van der Waals surface area contributed by atoms with Crippen LogP contribution in [-0.4, -0.2) is 51.8 Å². The summed E-state index contributed by atoms with van der Waals surface area (Å²) < 4.78 is 21.3. The number of rotatable bonds is 8. The van der Waals surface area contributed by atoms with Crippen LogP contribution in [0.15, 0.2) is 40.6 Å². The average molecular weight is 442 g/mol. The van der Waals surface area contributed by atoms with Gasteiger partial charge in [0.15, 0.2) is 11.5 Å². The number of methoxy groups -OCH3 is 4. The van der Waals surface area contributed by atoms with Gasteiger partial charge in [-0.15, -0.1) is 0 Å². The minimum atomic E-state index is -0.541. The van der Waals surface area contributed by atoms with E-state index in [1.165, 1.54) is 46.9 Å². The first-order valence-corrected chi connectivity index (χ1v) is 10.8. The van der Waals surface area contributed by atoms with E-state index in [2.05, 4.69) is 6.08 Å². The molecule has 0 unspecified atom stereocenters. The Labute approximate surface area is 189 Å². The summed E-state index contributed by atoms with van der Waals surface area (Å²) in [6.45, 7) is 2.31. The van der Waals surface area contributed by atoms with Gasteiger partial charge in [-0.2, -0.15) is 0 Å². The van der Waals surface area contributed by atoms with Crippen LogP contribution in [0.1, 0.15) is 44.6 Å². The quantitative estimate of drug-likeness (QED) is 0.341. The molecule has 2 aliphatic rings. The molecule has 1 amide bonds. The minimum Gasteiger partial charge on any atom is -0.493 e. The summed E-state index contributed by atoms with van der Waals surface area (Å²) >= 11 is 0. The molecule has 3 rings (SSSR count). The van der Waals surface area contributed by atoms with Gasteiger partial charge in [-0.05, 0) is 57.2 Å². The highest BCUT2D eigenvalue weighted by atomic mass is 16.5. The Morgan fingerprint density at radius 3 is 2.41 bits per heavy atom. The maximum atomic E-state index is 13.4. The predicted octanol–water partition coefficient (Wildman–Crippen LogP) is 4.28. The number of carbonyl (C=O) groups is 2.